The van der Waals surface area contributed by atoms with Gasteiger partial charge < -0.3 is 10.1 Å². The number of aryl methyl sites for hydroxylation is 1. The SMILES string of the molecule is Cc1cc[n+]([O-])c(N2CCN(C(=O)/C=C/C(F)(F)F)CC2)c1. The number of rotatable bonds is 2. The van der Waals surface area contributed by atoms with Gasteiger partial charge in [0, 0.05) is 18.2 Å². The van der Waals surface area contributed by atoms with Crippen LogP contribution in [-0.2, 0) is 4.79 Å². The molecular weight excluding hydrogens is 299 g/mol. The number of pyridine rings is 1. The number of anilines is 1. The van der Waals surface area contributed by atoms with Gasteiger partial charge in [0.2, 0.25) is 5.91 Å². The number of aromatic nitrogens is 1. The van der Waals surface area contributed by atoms with Crippen molar-refractivity contribution in [1.29, 1.82) is 0 Å². The van der Waals surface area contributed by atoms with Crippen LogP contribution in [0.1, 0.15) is 5.56 Å². The fourth-order valence-corrected chi connectivity index (χ4v) is 2.23. The van der Waals surface area contributed by atoms with E-state index in [1.54, 1.807) is 12.1 Å². The van der Waals surface area contributed by atoms with E-state index in [-0.39, 0.29) is 19.2 Å². The summed E-state index contributed by atoms with van der Waals surface area (Å²) >= 11 is 0. The molecule has 0 atom stereocenters. The first-order valence-electron chi connectivity index (χ1n) is 6.76. The minimum absolute atomic E-state index is 0.0616. The van der Waals surface area contributed by atoms with Gasteiger partial charge in [0.15, 0.2) is 0 Å². The number of nitrogens with zero attached hydrogens (tertiary/aromatic N) is 3. The largest absolute Gasteiger partial charge is 0.711 e. The molecule has 0 N–H and O–H groups in total. The lowest BCUT2D eigenvalue weighted by Crippen LogP contribution is -2.51. The fraction of sp³-hybridized carbons (Fsp3) is 0.429. The number of carbonyl (C=O) groups is 1. The van der Waals surface area contributed by atoms with Gasteiger partial charge in [-0.25, -0.2) is 4.73 Å². The molecule has 0 radical (unpaired) electrons. The number of carbonyl (C=O) groups excluding carboxylic acids is 1. The van der Waals surface area contributed by atoms with Crippen molar-refractivity contribution >= 4 is 11.7 Å². The van der Waals surface area contributed by atoms with Gasteiger partial charge in [0.25, 0.3) is 5.82 Å². The molecule has 1 aromatic heterocycles. The Hall–Kier alpha value is -2.25. The molecule has 1 aliphatic heterocycles. The summed E-state index contributed by atoms with van der Waals surface area (Å²) in [7, 11) is 0. The summed E-state index contributed by atoms with van der Waals surface area (Å²) in [5.74, 6) is -0.186. The summed E-state index contributed by atoms with van der Waals surface area (Å²) in [6, 6.07) is 3.44. The molecule has 2 heterocycles. The number of halogens is 3. The van der Waals surface area contributed by atoms with Crippen molar-refractivity contribution in [1.82, 2.24) is 4.90 Å². The average molecular weight is 315 g/mol. The van der Waals surface area contributed by atoms with Crippen LogP contribution in [0.4, 0.5) is 19.0 Å². The Bertz CT molecular complexity index is 579. The molecule has 8 heteroatoms. The van der Waals surface area contributed by atoms with E-state index in [9.17, 15) is 23.2 Å². The molecule has 0 unspecified atom stereocenters. The Morgan fingerprint density at radius 3 is 2.55 bits per heavy atom. The molecule has 2 rings (SSSR count). The maximum Gasteiger partial charge on any atom is 0.409 e. The zero-order valence-corrected chi connectivity index (χ0v) is 12.0. The lowest BCUT2D eigenvalue weighted by molar-refractivity contribution is -0.592. The summed E-state index contributed by atoms with van der Waals surface area (Å²) in [6.07, 6.45) is -2.61. The molecule has 0 spiro atoms. The molecule has 120 valence electrons. The minimum Gasteiger partial charge on any atom is -0.711 e. The monoisotopic (exact) mass is 315 g/mol. The van der Waals surface area contributed by atoms with Gasteiger partial charge >= 0.3 is 6.18 Å². The van der Waals surface area contributed by atoms with Crippen LogP contribution < -0.4 is 9.63 Å². The molecule has 1 aromatic rings. The van der Waals surface area contributed by atoms with Crippen LogP contribution in [-0.4, -0.2) is 43.2 Å². The van der Waals surface area contributed by atoms with E-state index in [1.807, 2.05) is 11.8 Å². The Balaban J connectivity index is 1.97. The summed E-state index contributed by atoms with van der Waals surface area (Å²) in [5.41, 5.74) is 0.939. The Kier molecular flexibility index (Phi) is 4.58. The second-order valence-corrected chi connectivity index (χ2v) is 5.08. The van der Waals surface area contributed by atoms with E-state index >= 15 is 0 Å². The van der Waals surface area contributed by atoms with Crippen LogP contribution in [0.3, 0.4) is 0 Å². The van der Waals surface area contributed by atoms with Crippen molar-refractivity contribution in [3.05, 3.63) is 41.3 Å². The third-order valence-corrected chi connectivity index (χ3v) is 3.39. The molecule has 1 aliphatic rings. The molecule has 0 aliphatic carbocycles. The summed E-state index contributed by atoms with van der Waals surface area (Å²) in [4.78, 5) is 14.8. The lowest BCUT2D eigenvalue weighted by Gasteiger charge is -2.31. The first kappa shape index (κ1) is 16.1. The summed E-state index contributed by atoms with van der Waals surface area (Å²) in [6.45, 7) is 3.21. The normalized spacial score (nSPS) is 16.4. The topological polar surface area (TPSA) is 50.5 Å². The van der Waals surface area contributed by atoms with Crippen molar-refractivity contribution in [2.45, 2.75) is 13.1 Å². The number of allylic oxidation sites excluding steroid dienone is 1. The van der Waals surface area contributed by atoms with Crippen molar-refractivity contribution in [3.63, 3.8) is 0 Å². The maximum absolute atomic E-state index is 12.0. The molecule has 0 saturated carbocycles. The predicted octanol–water partition coefficient (Wildman–Crippen LogP) is 1.40. The van der Waals surface area contributed by atoms with Crippen molar-refractivity contribution in [3.8, 4) is 0 Å². The molecule has 1 amide bonds. The zero-order valence-electron chi connectivity index (χ0n) is 12.0. The second kappa shape index (κ2) is 6.25. The molecule has 0 bridgehead atoms. The first-order valence-corrected chi connectivity index (χ1v) is 6.76. The van der Waals surface area contributed by atoms with E-state index in [0.717, 1.165) is 10.3 Å². The Morgan fingerprint density at radius 2 is 1.95 bits per heavy atom. The van der Waals surface area contributed by atoms with Gasteiger partial charge in [0.05, 0.1) is 19.3 Å². The van der Waals surface area contributed by atoms with Crippen LogP contribution in [0, 0.1) is 12.1 Å². The standard InChI is InChI=1S/C14H16F3N3O2/c1-11-3-5-20(22)12(10-11)18-6-8-19(9-7-18)13(21)2-4-14(15,16)17/h2-5,10H,6-9H2,1H3/b4-2+. The van der Waals surface area contributed by atoms with E-state index in [1.165, 1.54) is 11.1 Å². The van der Waals surface area contributed by atoms with E-state index < -0.39 is 12.1 Å². The summed E-state index contributed by atoms with van der Waals surface area (Å²) in [5, 5.41) is 11.8. The van der Waals surface area contributed by atoms with Crippen LogP contribution >= 0.6 is 0 Å². The second-order valence-electron chi connectivity index (χ2n) is 5.08. The van der Waals surface area contributed by atoms with Crippen molar-refractivity contribution < 1.29 is 22.7 Å². The molecule has 1 fully saturated rings. The van der Waals surface area contributed by atoms with E-state index in [2.05, 4.69) is 0 Å². The third-order valence-electron chi connectivity index (χ3n) is 3.39. The van der Waals surface area contributed by atoms with Gasteiger partial charge in [-0.1, -0.05) is 0 Å². The highest BCUT2D eigenvalue weighted by Gasteiger charge is 2.27. The van der Waals surface area contributed by atoms with Crippen LogP contribution in [0.5, 0.6) is 0 Å². The molecular formula is C14H16F3N3O2. The van der Waals surface area contributed by atoms with Crippen LogP contribution in [0.15, 0.2) is 30.5 Å². The first-order chi connectivity index (χ1) is 10.3. The smallest absolute Gasteiger partial charge is 0.409 e. The summed E-state index contributed by atoms with van der Waals surface area (Å²) < 4.78 is 36.9. The quantitative estimate of drug-likeness (QED) is 0.471. The number of hydrogen-bond donors (Lipinski definition) is 0. The van der Waals surface area contributed by atoms with E-state index in [0.29, 0.717) is 25.0 Å². The van der Waals surface area contributed by atoms with Gasteiger partial charge in [-0.3, -0.25) is 9.69 Å². The maximum atomic E-state index is 12.0. The highest BCUT2D eigenvalue weighted by Crippen LogP contribution is 2.17. The van der Waals surface area contributed by atoms with E-state index in [4.69, 9.17) is 0 Å². The van der Waals surface area contributed by atoms with Crippen LogP contribution in [0.25, 0.3) is 0 Å². The lowest BCUT2D eigenvalue weighted by atomic mass is 10.2. The van der Waals surface area contributed by atoms with Crippen molar-refractivity contribution in [2.24, 2.45) is 0 Å². The van der Waals surface area contributed by atoms with Gasteiger partial charge in [-0.15, -0.1) is 0 Å². The molecule has 0 aromatic carbocycles. The fourth-order valence-electron chi connectivity index (χ4n) is 2.23. The molecule has 5 nitrogen and oxygen atoms in total. The Labute approximate surface area is 125 Å². The zero-order chi connectivity index (χ0) is 16.3. The van der Waals surface area contributed by atoms with Gasteiger partial charge in [-0.05, 0) is 18.6 Å². The van der Waals surface area contributed by atoms with Gasteiger partial charge in [0.1, 0.15) is 13.1 Å². The third kappa shape index (κ3) is 4.12. The number of amides is 1. The molecule has 22 heavy (non-hydrogen) atoms. The van der Waals surface area contributed by atoms with Gasteiger partial charge in [-0.2, -0.15) is 13.2 Å². The average Bonchev–Trinajstić information content (AvgIpc) is 2.47. The highest BCUT2D eigenvalue weighted by molar-refractivity contribution is 5.87. The molecule has 1 saturated heterocycles. The minimum atomic E-state index is -4.49. The number of piperazine rings is 1. The van der Waals surface area contributed by atoms with Crippen LogP contribution in [0.2, 0.25) is 0 Å². The van der Waals surface area contributed by atoms with Crippen molar-refractivity contribution in [2.75, 3.05) is 31.1 Å². The number of alkyl halides is 3. The Morgan fingerprint density at radius 1 is 1.32 bits per heavy atom. The number of hydrogen-bond acceptors (Lipinski definition) is 3. The predicted molar refractivity (Wildman–Crippen MR) is 74.1 cm³/mol. The highest BCUT2D eigenvalue weighted by atomic mass is 19.4.